The Morgan fingerprint density at radius 2 is 1.68 bits per heavy atom. The summed E-state index contributed by atoms with van der Waals surface area (Å²) in [6, 6.07) is 11.2. The quantitative estimate of drug-likeness (QED) is 0.739. The van der Waals surface area contributed by atoms with Gasteiger partial charge in [0.05, 0.1) is 5.56 Å². The van der Waals surface area contributed by atoms with E-state index in [2.05, 4.69) is 15.9 Å². The first-order valence-corrected chi connectivity index (χ1v) is 6.83. The third-order valence-corrected chi connectivity index (χ3v) is 4.15. The zero-order chi connectivity index (χ0) is 14.0. The SMILES string of the molecule is CC(=O)c1ccccc1Oc1cc(C)c(Br)c(C)c1. The molecular weight excluding hydrogens is 304 g/mol. The van der Waals surface area contributed by atoms with Crippen molar-refractivity contribution in [2.24, 2.45) is 0 Å². The normalized spacial score (nSPS) is 10.3. The fraction of sp³-hybridized carbons (Fsp3) is 0.188. The molecule has 0 saturated carbocycles. The van der Waals surface area contributed by atoms with Crippen LogP contribution in [0.15, 0.2) is 40.9 Å². The van der Waals surface area contributed by atoms with Crippen molar-refractivity contribution < 1.29 is 9.53 Å². The zero-order valence-corrected chi connectivity index (χ0v) is 12.7. The molecular formula is C16H15BrO2. The van der Waals surface area contributed by atoms with Gasteiger partial charge in [0.1, 0.15) is 11.5 Å². The van der Waals surface area contributed by atoms with Gasteiger partial charge in [-0.05, 0) is 56.2 Å². The van der Waals surface area contributed by atoms with Crippen molar-refractivity contribution in [1.29, 1.82) is 0 Å². The van der Waals surface area contributed by atoms with Crippen molar-refractivity contribution in [2.75, 3.05) is 0 Å². The van der Waals surface area contributed by atoms with Crippen LogP contribution in [0.5, 0.6) is 11.5 Å². The van der Waals surface area contributed by atoms with Crippen LogP contribution < -0.4 is 4.74 Å². The lowest BCUT2D eigenvalue weighted by atomic mass is 10.1. The van der Waals surface area contributed by atoms with Gasteiger partial charge in [-0.2, -0.15) is 0 Å². The van der Waals surface area contributed by atoms with Crippen molar-refractivity contribution in [3.63, 3.8) is 0 Å². The lowest BCUT2D eigenvalue weighted by molar-refractivity contribution is 0.101. The number of benzene rings is 2. The summed E-state index contributed by atoms with van der Waals surface area (Å²) in [7, 11) is 0. The number of Topliss-reactive ketones (excluding diaryl/α,β-unsaturated/α-hetero) is 1. The summed E-state index contributed by atoms with van der Waals surface area (Å²) in [4.78, 5) is 11.6. The molecule has 3 heteroatoms. The topological polar surface area (TPSA) is 26.3 Å². The molecule has 0 bridgehead atoms. The van der Waals surface area contributed by atoms with Crippen LogP contribution in [0.2, 0.25) is 0 Å². The highest BCUT2D eigenvalue weighted by molar-refractivity contribution is 9.10. The Balaban J connectivity index is 2.39. The summed E-state index contributed by atoms with van der Waals surface area (Å²) in [5, 5.41) is 0. The number of hydrogen-bond acceptors (Lipinski definition) is 2. The van der Waals surface area contributed by atoms with Gasteiger partial charge in [-0.1, -0.05) is 28.1 Å². The van der Waals surface area contributed by atoms with E-state index in [1.807, 2.05) is 44.2 Å². The number of halogens is 1. The third kappa shape index (κ3) is 3.04. The average molecular weight is 319 g/mol. The smallest absolute Gasteiger partial charge is 0.163 e. The van der Waals surface area contributed by atoms with E-state index in [0.717, 1.165) is 21.3 Å². The summed E-state index contributed by atoms with van der Waals surface area (Å²) in [6.45, 7) is 5.57. The van der Waals surface area contributed by atoms with Crippen LogP contribution >= 0.6 is 15.9 Å². The van der Waals surface area contributed by atoms with Gasteiger partial charge in [0.15, 0.2) is 5.78 Å². The maximum absolute atomic E-state index is 11.6. The van der Waals surface area contributed by atoms with E-state index in [9.17, 15) is 4.79 Å². The Kier molecular flexibility index (Phi) is 4.05. The summed E-state index contributed by atoms with van der Waals surface area (Å²) < 4.78 is 6.93. The van der Waals surface area contributed by atoms with Crippen LogP contribution in [0, 0.1) is 13.8 Å². The summed E-state index contributed by atoms with van der Waals surface area (Å²) in [6.07, 6.45) is 0. The van der Waals surface area contributed by atoms with Crippen molar-refractivity contribution in [1.82, 2.24) is 0 Å². The average Bonchev–Trinajstić information content (AvgIpc) is 2.36. The molecule has 0 saturated heterocycles. The molecule has 0 amide bonds. The van der Waals surface area contributed by atoms with Crippen LogP contribution in [0.3, 0.4) is 0 Å². The minimum absolute atomic E-state index is 0.00107. The fourth-order valence-corrected chi connectivity index (χ4v) is 2.17. The maximum atomic E-state index is 11.6. The third-order valence-electron chi connectivity index (χ3n) is 2.90. The molecule has 0 atom stereocenters. The molecule has 2 aromatic carbocycles. The second-order valence-corrected chi connectivity index (χ2v) is 5.32. The number of rotatable bonds is 3. The summed E-state index contributed by atoms with van der Waals surface area (Å²) in [5.41, 5.74) is 2.81. The first-order valence-electron chi connectivity index (χ1n) is 6.03. The number of ether oxygens (including phenoxy) is 1. The predicted molar refractivity (Wildman–Crippen MR) is 80.1 cm³/mol. The van der Waals surface area contributed by atoms with Crippen molar-refractivity contribution in [2.45, 2.75) is 20.8 Å². The lowest BCUT2D eigenvalue weighted by Crippen LogP contribution is -1.97. The highest BCUT2D eigenvalue weighted by Gasteiger charge is 2.10. The van der Waals surface area contributed by atoms with Crippen LogP contribution in [0.25, 0.3) is 0 Å². The Labute approximate surface area is 121 Å². The van der Waals surface area contributed by atoms with Crippen LogP contribution in [-0.4, -0.2) is 5.78 Å². The molecule has 98 valence electrons. The number of carbonyl (C=O) groups excluding carboxylic acids is 1. The Morgan fingerprint density at radius 3 is 2.26 bits per heavy atom. The van der Waals surface area contributed by atoms with Gasteiger partial charge in [0.25, 0.3) is 0 Å². The highest BCUT2D eigenvalue weighted by Crippen LogP contribution is 2.31. The summed E-state index contributed by atoms with van der Waals surface area (Å²) in [5.74, 6) is 1.34. The number of hydrogen-bond donors (Lipinski definition) is 0. The van der Waals surface area contributed by atoms with E-state index in [1.165, 1.54) is 0 Å². The van der Waals surface area contributed by atoms with E-state index < -0.39 is 0 Å². The Morgan fingerprint density at radius 1 is 1.11 bits per heavy atom. The monoisotopic (exact) mass is 318 g/mol. The van der Waals surface area contributed by atoms with Gasteiger partial charge in [0.2, 0.25) is 0 Å². The van der Waals surface area contributed by atoms with Crippen LogP contribution in [0.4, 0.5) is 0 Å². The fourth-order valence-electron chi connectivity index (χ4n) is 1.94. The number of para-hydroxylation sites is 1. The zero-order valence-electron chi connectivity index (χ0n) is 11.2. The predicted octanol–water partition coefficient (Wildman–Crippen LogP) is 5.06. The van der Waals surface area contributed by atoms with E-state index >= 15 is 0 Å². The molecule has 2 nitrogen and oxygen atoms in total. The van der Waals surface area contributed by atoms with Gasteiger partial charge in [0, 0.05) is 4.47 Å². The molecule has 0 aliphatic rings. The molecule has 0 aliphatic heterocycles. The van der Waals surface area contributed by atoms with Gasteiger partial charge in [-0.15, -0.1) is 0 Å². The first-order chi connectivity index (χ1) is 8.99. The molecule has 0 fully saturated rings. The van der Waals surface area contributed by atoms with Crippen LogP contribution in [0.1, 0.15) is 28.4 Å². The minimum atomic E-state index is 0.00107. The van der Waals surface area contributed by atoms with Crippen molar-refractivity contribution in [3.8, 4) is 11.5 Å². The van der Waals surface area contributed by atoms with Crippen molar-refractivity contribution >= 4 is 21.7 Å². The van der Waals surface area contributed by atoms with Crippen LogP contribution in [-0.2, 0) is 0 Å². The second kappa shape index (κ2) is 5.57. The molecule has 0 N–H and O–H groups in total. The number of carbonyl (C=O) groups is 1. The lowest BCUT2D eigenvalue weighted by Gasteiger charge is -2.12. The van der Waals surface area contributed by atoms with Crippen molar-refractivity contribution in [3.05, 3.63) is 57.6 Å². The van der Waals surface area contributed by atoms with Gasteiger partial charge in [-0.25, -0.2) is 0 Å². The molecule has 0 unspecified atom stereocenters. The van der Waals surface area contributed by atoms with E-state index in [-0.39, 0.29) is 5.78 Å². The molecule has 19 heavy (non-hydrogen) atoms. The summed E-state index contributed by atoms with van der Waals surface area (Å²) >= 11 is 3.53. The molecule has 0 spiro atoms. The van der Waals surface area contributed by atoms with E-state index in [0.29, 0.717) is 11.3 Å². The highest BCUT2D eigenvalue weighted by atomic mass is 79.9. The van der Waals surface area contributed by atoms with Gasteiger partial charge in [-0.3, -0.25) is 4.79 Å². The second-order valence-electron chi connectivity index (χ2n) is 4.53. The van der Waals surface area contributed by atoms with E-state index in [4.69, 9.17) is 4.74 Å². The molecule has 0 aromatic heterocycles. The Bertz CT molecular complexity index is 609. The number of aryl methyl sites for hydroxylation is 2. The molecule has 0 radical (unpaired) electrons. The van der Waals surface area contributed by atoms with Gasteiger partial charge < -0.3 is 4.74 Å². The largest absolute Gasteiger partial charge is 0.457 e. The molecule has 0 aliphatic carbocycles. The minimum Gasteiger partial charge on any atom is -0.457 e. The molecule has 0 heterocycles. The molecule has 2 rings (SSSR count). The maximum Gasteiger partial charge on any atom is 0.163 e. The first kappa shape index (κ1) is 13.8. The molecule has 2 aromatic rings. The number of ketones is 1. The standard InChI is InChI=1S/C16H15BrO2/c1-10-8-13(9-11(2)16(10)17)19-15-7-5-4-6-14(15)12(3)18/h4-9H,1-3H3. The van der Waals surface area contributed by atoms with E-state index in [1.54, 1.807) is 13.0 Å². The Hall–Kier alpha value is -1.61. The van der Waals surface area contributed by atoms with Gasteiger partial charge >= 0.3 is 0 Å².